The SMILES string of the molecule is C=CC(C)C1(C(=O)OC)CCCC1=O. The molecule has 0 spiro atoms. The second kappa shape index (κ2) is 3.95. The molecule has 0 aromatic heterocycles. The first kappa shape index (κ1) is 11.0. The number of allylic oxidation sites excluding steroid dienone is 1. The highest BCUT2D eigenvalue weighted by molar-refractivity contribution is 6.05. The van der Waals surface area contributed by atoms with Gasteiger partial charge in [-0.2, -0.15) is 0 Å². The Labute approximate surface area is 84.1 Å². The Kier molecular flexibility index (Phi) is 3.09. The predicted molar refractivity (Wildman–Crippen MR) is 52.7 cm³/mol. The highest BCUT2D eigenvalue weighted by Gasteiger charge is 2.52. The van der Waals surface area contributed by atoms with Gasteiger partial charge in [0.1, 0.15) is 5.41 Å². The van der Waals surface area contributed by atoms with E-state index in [1.54, 1.807) is 6.08 Å². The zero-order valence-electron chi connectivity index (χ0n) is 8.71. The fraction of sp³-hybridized carbons (Fsp3) is 0.636. The van der Waals surface area contributed by atoms with Crippen molar-refractivity contribution in [3.05, 3.63) is 12.7 Å². The van der Waals surface area contributed by atoms with Crippen LogP contribution in [-0.4, -0.2) is 18.9 Å². The number of ketones is 1. The molecule has 3 nitrogen and oxygen atoms in total. The number of Topliss-reactive ketones (excluding diaryl/α,β-unsaturated/α-hetero) is 1. The molecule has 2 unspecified atom stereocenters. The Bertz CT molecular complexity index is 270. The summed E-state index contributed by atoms with van der Waals surface area (Å²) in [7, 11) is 1.32. The van der Waals surface area contributed by atoms with Crippen molar-refractivity contribution in [2.45, 2.75) is 26.2 Å². The van der Waals surface area contributed by atoms with E-state index in [9.17, 15) is 9.59 Å². The molecule has 0 aromatic rings. The molecule has 14 heavy (non-hydrogen) atoms. The van der Waals surface area contributed by atoms with Crippen molar-refractivity contribution in [2.24, 2.45) is 11.3 Å². The summed E-state index contributed by atoms with van der Waals surface area (Å²) >= 11 is 0. The molecule has 0 radical (unpaired) electrons. The molecule has 0 bridgehead atoms. The molecule has 0 amide bonds. The summed E-state index contributed by atoms with van der Waals surface area (Å²) in [5, 5.41) is 0. The van der Waals surface area contributed by atoms with Gasteiger partial charge in [0.25, 0.3) is 0 Å². The highest BCUT2D eigenvalue weighted by atomic mass is 16.5. The van der Waals surface area contributed by atoms with Gasteiger partial charge in [0.15, 0.2) is 5.78 Å². The summed E-state index contributed by atoms with van der Waals surface area (Å²) in [6.07, 6.45) is 3.49. The maximum Gasteiger partial charge on any atom is 0.319 e. The van der Waals surface area contributed by atoms with Crippen LogP contribution in [0.25, 0.3) is 0 Å². The highest BCUT2D eigenvalue weighted by Crippen LogP contribution is 2.42. The lowest BCUT2D eigenvalue weighted by molar-refractivity contribution is -0.158. The Balaban J connectivity index is 3.07. The third kappa shape index (κ3) is 1.37. The lowest BCUT2D eigenvalue weighted by Crippen LogP contribution is -2.41. The standard InChI is InChI=1S/C11H16O3/c1-4-8(2)11(10(13)14-3)7-5-6-9(11)12/h4,8H,1,5-7H2,2-3H3. The monoisotopic (exact) mass is 196 g/mol. The first-order chi connectivity index (χ1) is 6.59. The van der Waals surface area contributed by atoms with Crippen molar-refractivity contribution < 1.29 is 14.3 Å². The summed E-state index contributed by atoms with van der Waals surface area (Å²) in [5.41, 5.74) is -0.948. The van der Waals surface area contributed by atoms with Crippen LogP contribution in [0, 0.1) is 11.3 Å². The van der Waals surface area contributed by atoms with Crippen LogP contribution in [-0.2, 0) is 14.3 Å². The van der Waals surface area contributed by atoms with E-state index in [0.717, 1.165) is 6.42 Å². The fourth-order valence-electron chi connectivity index (χ4n) is 2.16. The maximum absolute atomic E-state index is 11.7. The molecule has 2 atom stereocenters. The van der Waals surface area contributed by atoms with Crippen molar-refractivity contribution in [1.82, 2.24) is 0 Å². The molecule has 1 fully saturated rings. The summed E-state index contributed by atoms with van der Waals surface area (Å²) < 4.78 is 4.72. The summed E-state index contributed by atoms with van der Waals surface area (Å²) in [6.45, 7) is 5.48. The third-order valence-electron chi connectivity index (χ3n) is 3.15. The van der Waals surface area contributed by atoms with E-state index in [1.807, 2.05) is 6.92 Å². The molecule has 1 rings (SSSR count). The molecular formula is C11H16O3. The van der Waals surface area contributed by atoms with Gasteiger partial charge in [-0.1, -0.05) is 13.0 Å². The number of ether oxygens (including phenoxy) is 1. The van der Waals surface area contributed by atoms with Crippen molar-refractivity contribution in [2.75, 3.05) is 7.11 Å². The smallest absolute Gasteiger partial charge is 0.319 e. The third-order valence-corrected chi connectivity index (χ3v) is 3.15. The van der Waals surface area contributed by atoms with Crippen molar-refractivity contribution in [3.63, 3.8) is 0 Å². The van der Waals surface area contributed by atoms with E-state index in [1.165, 1.54) is 7.11 Å². The van der Waals surface area contributed by atoms with E-state index in [4.69, 9.17) is 4.74 Å². The van der Waals surface area contributed by atoms with Gasteiger partial charge < -0.3 is 4.74 Å². The van der Waals surface area contributed by atoms with Gasteiger partial charge in [-0.05, 0) is 18.8 Å². The molecule has 78 valence electrons. The van der Waals surface area contributed by atoms with Gasteiger partial charge in [0.2, 0.25) is 0 Å². The van der Waals surface area contributed by atoms with Crippen LogP contribution in [0.1, 0.15) is 26.2 Å². The number of hydrogen-bond donors (Lipinski definition) is 0. The van der Waals surface area contributed by atoms with Crippen molar-refractivity contribution in [3.8, 4) is 0 Å². The largest absolute Gasteiger partial charge is 0.468 e. The first-order valence-corrected chi connectivity index (χ1v) is 4.84. The first-order valence-electron chi connectivity index (χ1n) is 4.84. The molecule has 0 heterocycles. The summed E-state index contributed by atoms with van der Waals surface area (Å²) in [5.74, 6) is -0.561. The summed E-state index contributed by atoms with van der Waals surface area (Å²) in [6, 6.07) is 0. The molecule has 1 aliphatic rings. The predicted octanol–water partition coefficient (Wildman–Crippen LogP) is 1.72. The van der Waals surface area contributed by atoms with Gasteiger partial charge in [0.05, 0.1) is 7.11 Å². The maximum atomic E-state index is 11.7. The molecule has 0 aromatic carbocycles. The number of hydrogen-bond acceptors (Lipinski definition) is 3. The molecule has 1 saturated carbocycles. The molecule has 0 saturated heterocycles. The van der Waals surface area contributed by atoms with E-state index in [-0.39, 0.29) is 11.7 Å². The number of rotatable bonds is 3. The average molecular weight is 196 g/mol. The zero-order chi connectivity index (χ0) is 10.8. The quantitative estimate of drug-likeness (QED) is 0.392. The van der Waals surface area contributed by atoms with Crippen LogP contribution in [0.15, 0.2) is 12.7 Å². The van der Waals surface area contributed by atoms with Gasteiger partial charge in [0, 0.05) is 6.42 Å². The Morgan fingerprint density at radius 1 is 1.71 bits per heavy atom. The second-order valence-corrected chi connectivity index (χ2v) is 3.76. The minimum atomic E-state index is -0.948. The average Bonchev–Trinajstić information content (AvgIpc) is 2.59. The molecule has 0 N–H and O–H groups in total. The molecular weight excluding hydrogens is 180 g/mol. The molecule has 1 aliphatic carbocycles. The summed E-state index contributed by atoms with van der Waals surface area (Å²) in [4.78, 5) is 23.4. The van der Waals surface area contributed by atoms with E-state index in [0.29, 0.717) is 12.8 Å². The van der Waals surface area contributed by atoms with E-state index < -0.39 is 11.4 Å². The van der Waals surface area contributed by atoms with Crippen LogP contribution >= 0.6 is 0 Å². The lowest BCUT2D eigenvalue weighted by atomic mass is 9.74. The van der Waals surface area contributed by atoms with E-state index in [2.05, 4.69) is 6.58 Å². The van der Waals surface area contributed by atoms with Gasteiger partial charge in [-0.25, -0.2) is 0 Å². The number of carbonyl (C=O) groups excluding carboxylic acids is 2. The van der Waals surface area contributed by atoms with Crippen LogP contribution in [0.2, 0.25) is 0 Å². The van der Waals surface area contributed by atoms with Gasteiger partial charge in [-0.3, -0.25) is 9.59 Å². The number of esters is 1. The van der Waals surface area contributed by atoms with Crippen molar-refractivity contribution in [1.29, 1.82) is 0 Å². The topological polar surface area (TPSA) is 43.4 Å². The minimum absolute atomic E-state index is 0.00301. The van der Waals surface area contributed by atoms with Crippen molar-refractivity contribution >= 4 is 11.8 Å². The van der Waals surface area contributed by atoms with Gasteiger partial charge >= 0.3 is 5.97 Å². The Morgan fingerprint density at radius 3 is 2.71 bits per heavy atom. The molecule has 0 aliphatic heterocycles. The Hall–Kier alpha value is -1.12. The normalized spacial score (nSPS) is 28.6. The lowest BCUT2D eigenvalue weighted by Gasteiger charge is -2.28. The Morgan fingerprint density at radius 2 is 2.36 bits per heavy atom. The molecule has 3 heteroatoms. The van der Waals surface area contributed by atoms with Crippen LogP contribution in [0.5, 0.6) is 0 Å². The zero-order valence-corrected chi connectivity index (χ0v) is 8.71. The van der Waals surface area contributed by atoms with Crippen LogP contribution < -0.4 is 0 Å². The number of methoxy groups -OCH3 is 1. The minimum Gasteiger partial charge on any atom is -0.468 e. The van der Waals surface area contributed by atoms with E-state index >= 15 is 0 Å². The van der Waals surface area contributed by atoms with Crippen LogP contribution in [0.4, 0.5) is 0 Å². The second-order valence-electron chi connectivity index (χ2n) is 3.76. The fourth-order valence-corrected chi connectivity index (χ4v) is 2.16. The number of carbonyl (C=O) groups is 2. The van der Waals surface area contributed by atoms with Gasteiger partial charge in [-0.15, -0.1) is 6.58 Å². The van der Waals surface area contributed by atoms with Crippen LogP contribution in [0.3, 0.4) is 0 Å².